The molecule has 7 heteroatoms. The maximum absolute atomic E-state index is 11.4. The van der Waals surface area contributed by atoms with Gasteiger partial charge in [0, 0.05) is 12.2 Å². The topological polar surface area (TPSA) is 69.9 Å². The molecule has 0 saturated heterocycles. The van der Waals surface area contributed by atoms with Crippen LogP contribution in [0.25, 0.3) is 11.0 Å². The Labute approximate surface area is 171 Å². The molecule has 0 aliphatic rings. The minimum atomic E-state index is -0.225. The number of hydrogen-bond acceptors (Lipinski definition) is 3. The van der Waals surface area contributed by atoms with E-state index in [-0.39, 0.29) is 5.69 Å². The molecule has 0 fully saturated rings. The van der Waals surface area contributed by atoms with Crippen LogP contribution in [0.15, 0.2) is 65.5 Å². The van der Waals surface area contributed by atoms with Crippen LogP contribution in [-0.4, -0.2) is 9.97 Å². The van der Waals surface area contributed by atoms with Gasteiger partial charge < -0.3 is 20.0 Å². The molecule has 0 unspecified atom stereocenters. The van der Waals surface area contributed by atoms with Crippen LogP contribution < -0.4 is 15.7 Å². The summed E-state index contributed by atoms with van der Waals surface area (Å²) in [5.74, 6) is 0.474. The predicted molar refractivity (Wildman–Crippen MR) is 113 cm³/mol. The quantitative estimate of drug-likeness (QED) is 0.398. The van der Waals surface area contributed by atoms with Crippen molar-refractivity contribution in [3.8, 4) is 5.75 Å². The first-order valence-corrected chi connectivity index (χ1v) is 9.44. The van der Waals surface area contributed by atoms with Gasteiger partial charge in [-0.1, -0.05) is 53.5 Å². The van der Waals surface area contributed by atoms with Gasteiger partial charge in [-0.05, 0) is 41.5 Å². The van der Waals surface area contributed by atoms with E-state index in [9.17, 15) is 4.79 Å². The second kappa shape index (κ2) is 8.00. The Morgan fingerprint density at radius 3 is 2.32 bits per heavy atom. The highest BCUT2D eigenvalue weighted by molar-refractivity contribution is 6.37. The summed E-state index contributed by atoms with van der Waals surface area (Å²) in [6, 6.07) is 19.1. The van der Waals surface area contributed by atoms with Crippen LogP contribution in [0.5, 0.6) is 5.75 Å². The van der Waals surface area contributed by atoms with Gasteiger partial charge in [-0.25, -0.2) is 4.79 Å². The van der Waals surface area contributed by atoms with E-state index in [1.165, 1.54) is 0 Å². The van der Waals surface area contributed by atoms with Gasteiger partial charge in [-0.2, -0.15) is 0 Å². The van der Waals surface area contributed by atoms with Crippen molar-refractivity contribution in [2.24, 2.45) is 0 Å². The summed E-state index contributed by atoms with van der Waals surface area (Å²) in [7, 11) is 0. The van der Waals surface area contributed by atoms with Crippen molar-refractivity contribution < 1.29 is 4.74 Å². The highest BCUT2D eigenvalue weighted by Crippen LogP contribution is 2.35. The molecule has 1 heterocycles. The second-order valence-corrected chi connectivity index (χ2v) is 7.17. The third kappa shape index (κ3) is 4.16. The van der Waals surface area contributed by atoms with Gasteiger partial charge in [0.05, 0.1) is 21.1 Å². The van der Waals surface area contributed by atoms with E-state index in [0.29, 0.717) is 28.9 Å². The van der Waals surface area contributed by atoms with Crippen molar-refractivity contribution in [3.63, 3.8) is 0 Å². The van der Waals surface area contributed by atoms with Crippen molar-refractivity contribution in [3.05, 3.63) is 92.3 Å². The van der Waals surface area contributed by atoms with Crippen LogP contribution in [0.3, 0.4) is 0 Å². The smallest absolute Gasteiger partial charge is 0.323 e. The van der Waals surface area contributed by atoms with Gasteiger partial charge in [0.25, 0.3) is 0 Å². The molecule has 0 radical (unpaired) electrons. The largest absolute Gasteiger partial charge is 0.486 e. The third-order valence-corrected chi connectivity index (χ3v) is 4.86. The number of benzene rings is 3. The number of imidazole rings is 1. The van der Waals surface area contributed by atoms with E-state index in [2.05, 4.69) is 15.3 Å². The summed E-state index contributed by atoms with van der Waals surface area (Å²) in [5, 5.41) is 4.23. The minimum absolute atomic E-state index is 0.225. The molecule has 0 aliphatic heterocycles. The number of aromatic amines is 2. The van der Waals surface area contributed by atoms with E-state index >= 15 is 0 Å². The van der Waals surface area contributed by atoms with Gasteiger partial charge in [0.2, 0.25) is 0 Å². The number of nitrogens with one attached hydrogen (secondary N) is 3. The molecular formula is C21H17Cl2N3O2. The van der Waals surface area contributed by atoms with Crippen LogP contribution in [0.1, 0.15) is 11.1 Å². The molecule has 5 nitrogen and oxygen atoms in total. The normalized spacial score (nSPS) is 10.9. The minimum Gasteiger partial charge on any atom is -0.486 e. The average molecular weight is 414 g/mol. The first kappa shape index (κ1) is 18.5. The van der Waals surface area contributed by atoms with Crippen molar-refractivity contribution in [1.82, 2.24) is 9.97 Å². The lowest BCUT2D eigenvalue weighted by molar-refractivity contribution is 0.306. The number of halogens is 2. The maximum Gasteiger partial charge on any atom is 0.323 e. The monoisotopic (exact) mass is 413 g/mol. The van der Waals surface area contributed by atoms with Crippen LogP contribution in [0, 0.1) is 0 Å². The number of fused-ring (bicyclic) bond motifs is 1. The Morgan fingerprint density at radius 2 is 1.57 bits per heavy atom. The zero-order valence-electron chi connectivity index (χ0n) is 14.8. The SMILES string of the molecule is O=c1[nH]c2ccc(NCc3cc(Cl)c(OCc4ccccc4)c(Cl)c3)cc2[nH]1. The summed E-state index contributed by atoms with van der Waals surface area (Å²) >= 11 is 12.8. The molecule has 28 heavy (non-hydrogen) atoms. The van der Waals surface area contributed by atoms with Gasteiger partial charge in [-0.15, -0.1) is 0 Å². The number of H-pyrrole nitrogens is 2. The molecule has 3 aromatic carbocycles. The third-order valence-electron chi connectivity index (χ3n) is 4.30. The number of aromatic nitrogens is 2. The van der Waals surface area contributed by atoms with E-state index in [1.807, 2.05) is 60.7 Å². The molecule has 0 bridgehead atoms. The first-order chi connectivity index (χ1) is 13.6. The van der Waals surface area contributed by atoms with Gasteiger partial charge in [-0.3, -0.25) is 0 Å². The fourth-order valence-electron chi connectivity index (χ4n) is 2.93. The zero-order chi connectivity index (χ0) is 19.5. The number of rotatable bonds is 6. The van der Waals surface area contributed by atoms with Crippen LogP contribution >= 0.6 is 23.2 Å². The van der Waals surface area contributed by atoms with Crippen LogP contribution in [0.4, 0.5) is 5.69 Å². The Morgan fingerprint density at radius 1 is 0.857 bits per heavy atom. The van der Waals surface area contributed by atoms with Crippen molar-refractivity contribution in [2.75, 3.05) is 5.32 Å². The van der Waals surface area contributed by atoms with Crippen molar-refractivity contribution >= 4 is 39.9 Å². The van der Waals surface area contributed by atoms with Gasteiger partial charge in [0.15, 0.2) is 5.75 Å². The molecule has 0 spiro atoms. The molecule has 0 amide bonds. The molecule has 0 atom stereocenters. The Kier molecular flexibility index (Phi) is 5.28. The van der Waals surface area contributed by atoms with Gasteiger partial charge in [0.1, 0.15) is 6.61 Å². The Bertz CT molecular complexity index is 1150. The lowest BCUT2D eigenvalue weighted by Crippen LogP contribution is -2.01. The summed E-state index contributed by atoms with van der Waals surface area (Å²) in [5.41, 5.74) is 4.12. The molecule has 1 aromatic heterocycles. The van der Waals surface area contributed by atoms with Crippen LogP contribution in [-0.2, 0) is 13.2 Å². The lowest BCUT2D eigenvalue weighted by atomic mass is 10.2. The highest BCUT2D eigenvalue weighted by Gasteiger charge is 2.10. The molecule has 3 N–H and O–H groups in total. The summed E-state index contributed by atoms with van der Waals surface area (Å²) in [6.45, 7) is 0.922. The molecule has 142 valence electrons. The lowest BCUT2D eigenvalue weighted by Gasteiger charge is -2.13. The average Bonchev–Trinajstić information content (AvgIpc) is 3.06. The van der Waals surface area contributed by atoms with E-state index < -0.39 is 0 Å². The first-order valence-electron chi connectivity index (χ1n) is 8.69. The Balaban J connectivity index is 1.45. The fourth-order valence-corrected chi connectivity index (χ4v) is 3.57. The molecule has 0 saturated carbocycles. The standard InChI is InChI=1S/C21H17Cl2N3O2/c22-16-8-14(9-17(23)20(16)28-12-13-4-2-1-3-5-13)11-24-15-6-7-18-19(10-15)26-21(27)25-18/h1-10,24H,11-12H2,(H2,25,26,27). The molecule has 4 rings (SSSR count). The summed E-state index contributed by atoms with van der Waals surface area (Å²) in [4.78, 5) is 16.8. The second-order valence-electron chi connectivity index (χ2n) is 6.36. The van der Waals surface area contributed by atoms with Crippen LogP contribution in [0.2, 0.25) is 10.0 Å². The zero-order valence-corrected chi connectivity index (χ0v) is 16.3. The predicted octanol–water partition coefficient (Wildman–Crippen LogP) is 5.35. The molecule has 4 aromatic rings. The fraction of sp³-hybridized carbons (Fsp3) is 0.0952. The highest BCUT2D eigenvalue weighted by atomic mass is 35.5. The van der Waals surface area contributed by atoms with E-state index in [0.717, 1.165) is 27.8 Å². The number of ether oxygens (including phenoxy) is 1. The number of hydrogen-bond donors (Lipinski definition) is 3. The molecule has 0 aliphatic carbocycles. The van der Waals surface area contributed by atoms with E-state index in [1.54, 1.807) is 0 Å². The van der Waals surface area contributed by atoms with E-state index in [4.69, 9.17) is 27.9 Å². The van der Waals surface area contributed by atoms with Crippen molar-refractivity contribution in [2.45, 2.75) is 13.2 Å². The van der Waals surface area contributed by atoms with Crippen molar-refractivity contribution in [1.29, 1.82) is 0 Å². The summed E-state index contributed by atoms with van der Waals surface area (Å²) < 4.78 is 5.80. The number of anilines is 1. The Hall–Kier alpha value is -2.89. The molecular weight excluding hydrogens is 397 g/mol. The summed E-state index contributed by atoms with van der Waals surface area (Å²) in [6.07, 6.45) is 0. The maximum atomic E-state index is 11.4. The van der Waals surface area contributed by atoms with Gasteiger partial charge >= 0.3 is 5.69 Å².